The van der Waals surface area contributed by atoms with Crippen LogP contribution in [0.25, 0.3) is 5.69 Å². The van der Waals surface area contributed by atoms with Crippen molar-refractivity contribution in [1.29, 1.82) is 0 Å². The standard InChI is InChI=1S/C22H20F3N3O4/c1-13-10-17(29)19(27-28(13)16-8-5-7-15(11-16)22(23,24)25)21(30)26-12-14-6-4-9-18(31-2)20(14)32-3/h4-11H,12H2,1-3H3,(H,26,30). The topological polar surface area (TPSA) is 82.5 Å². The number of carbonyl (C=O) groups is 1. The maximum atomic E-state index is 13.1. The van der Waals surface area contributed by atoms with Crippen LogP contribution in [0.15, 0.2) is 53.3 Å². The van der Waals surface area contributed by atoms with E-state index in [9.17, 15) is 22.8 Å². The smallest absolute Gasteiger partial charge is 0.416 e. The SMILES string of the molecule is COc1cccc(CNC(=O)c2nn(-c3cccc(C(F)(F)F)c3)c(C)cc2=O)c1OC. The highest BCUT2D eigenvalue weighted by Gasteiger charge is 2.30. The number of para-hydroxylation sites is 1. The van der Waals surface area contributed by atoms with Gasteiger partial charge in [0, 0.05) is 23.9 Å². The van der Waals surface area contributed by atoms with Crippen LogP contribution in [0.1, 0.15) is 27.3 Å². The molecule has 32 heavy (non-hydrogen) atoms. The second kappa shape index (κ2) is 9.13. The number of hydrogen-bond donors (Lipinski definition) is 1. The van der Waals surface area contributed by atoms with Gasteiger partial charge in [-0.15, -0.1) is 0 Å². The zero-order chi connectivity index (χ0) is 23.5. The number of rotatable bonds is 6. The molecule has 3 rings (SSSR count). The van der Waals surface area contributed by atoms with Crippen molar-refractivity contribution in [2.45, 2.75) is 19.6 Å². The van der Waals surface area contributed by atoms with Gasteiger partial charge in [0.25, 0.3) is 5.91 Å². The lowest BCUT2D eigenvalue weighted by Crippen LogP contribution is -2.31. The van der Waals surface area contributed by atoms with E-state index >= 15 is 0 Å². The Morgan fingerprint density at radius 2 is 1.81 bits per heavy atom. The molecule has 0 aliphatic rings. The molecule has 0 spiro atoms. The van der Waals surface area contributed by atoms with Gasteiger partial charge in [-0.3, -0.25) is 9.59 Å². The summed E-state index contributed by atoms with van der Waals surface area (Å²) >= 11 is 0. The highest BCUT2D eigenvalue weighted by atomic mass is 19.4. The Morgan fingerprint density at radius 1 is 1.09 bits per heavy atom. The third-order valence-electron chi connectivity index (χ3n) is 4.66. The summed E-state index contributed by atoms with van der Waals surface area (Å²) in [5.41, 5.74) is -1.02. The summed E-state index contributed by atoms with van der Waals surface area (Å²) in [6.45, 7) is 1.52. The third-order valence-corrected chi connectivity index (χ3v) is 4.66. The predicted molar refractivity (Wildman–Crippen MR) is 110 cm³/mol. The molecule has 0 aliphatic heterocycles. The molecule has 1 amide bonds. The fourth-order valence-electron chi connectivity index (χ4n) is 3.13. The van der Waals surface area contributed by atoms with Gasteiger partial charge in [0.2, 0.25) is 5.43 Å². The number of benzene rings is 2. The fourth-order valence-corrected chi connectivity index (χ4v) is 3.13. The van der Waals surface area contributed by atoms with Gasteiger partial charge in [0.1, 0.15) is 0 Å². The van der Waals surface area contributed by atoms with E-state index in [4.69, 9.17) is 9.47 Å². The number of alkyl halides is 3. The molecule has 0 unspecified atom stereocenters. The highest BCUT2D eigenvalue weighted by molar-refractivity contribution is 5.92. The molecule has 168 valence electrons. The first-order valence-corrected chi connectivity index (χ1v) is 9.42. The van der Waals surface area contributed by atoms with E-state index in [-0.39, 0.29) is 17.9 Å². The molecule has 0 fully saturated rings. The van der Waals surface area contributed by atoms with E-state index in [1.165, 1.54) is 33.3 Å². The molecule has 2 aromatic carbocycles. The first kappa shape index (κ1) is 22.9. The molecular formula is C22H20F3N3O4. The van der Waals surface area contributed by atoms with Gasteiger partial charge in [-0.2, -0.15) is 18.3 Å². The molecule has 0 atom stereocenters. The molecule has 1 heterocycles. The van der Waals surface area contributed by atoms with Crippen molar-refractivity contribution in [3.63, 3.8) is 0 Å². The van der Waals surface area contributed by atoms with E-state index in [0.29, 0.717) is 17.1 Å². The van der Waals surface area contributed by atoms with Crippen molar-refractivity contribution in [1.82, 2.24) is 15.1 Å². The average Bonchev–Trinajstić information content (AvgIpc) is 2.76. The molecule has 0 saturated heterocycles. The zero-order valence-electron chi connectivity index (χ0n) is 17.5. The van der Waals surface area contributed by atoms with Crippen LogP contribution in [0.3, 0.4) is 0 Å². The average molecular weight is 447 g/mol. The Morgan fingerprint density at radius 3 is 2.47 bits per heavy atom. The summed E-state index contributed by atoms with van der Waals surface area (Å²) < 4.78 is 50.9. The minimum Gasteiger partial charge on any atom is -0.493 e. The molecule has 10 heteroatoms. The van der Waals surface area contributed by atoms with Gasteiger partial charge in [-0.05, 0) is 31.2 Å². The van der Waals surface area contributed by atoms with Crippen molar-refractivity contribution in [2.24, 2.45) is 0 Å². The van der Waals surface area contributed by atoms with E-state index in [0.717, 1.165) is 22.9 Å². The maximum Gasteiger partial charge on any atom is 0.416 e. The van der Waals surface area contributed by atoms with Crippen molar-refractivity contribution < 1.29 is 27.4 Å². The number of nitrogens with zero attached hydrogens (tertiary/aromatic N) is 2. The third kappa shape index (κ3) is 4.74. The quantitative estimate of drug-likeness (QED) is 0.626. The lowest BCUT2D eigenvalue weighted by atomic mass is 10.1. The number of carbonyl (C=O) groups excluding carboxylic acids is 1. The number of halogens is 3. The van der Waals surface area contributed by atoms with Crippen LogP contribution in [0.2, 0.25) is 0 Å². The van der Waals surface area contributed by atoms with Crippen LogP contribution in [-0.2, 0) is 12.7 Å². The Hall–Kier alpha value is -3.82. The van der Waals surface area contributed by atoms with Crippen molar-refractivity contribution in [3.05, 3.63) is 81.3 Å². The van der Waals surface area contributed by atoms with Crippen molar-refractivity contribution in [2.75, 3.05) is 14.2 Å². The number of methoxy groups -OCH3 is 2. The fraction of sp³-hybridized carbons (Fsp3) is 0.227. The Labute approximate surface area is 181 Å². The van der Waals surface area contributed by atoms with Gasteiger partial charge in [-0.1, -0.05) is 18.2 Å². The van der Waals surface area contributed by atoms with E-state index in [1.807, 2.05) is 0 Å². The van der Waals surface area contributed by atoms with Crippen LogP contribution >= 0.6 is 0 Å². The molecule has 0 aliphatic carbocycles. The minimum atomic E-state index is -4.54. The van der Waals surface area contributed by atoms with E-state index in [1.54, 1.807) is 18.2 Å². The predicted octanol–water partition coefficient (Wildman–Crippen LogP) is 3.51. The summed E-state index contributed by atoms with van der Waals surface area (Å²) in [7, 11) is 2.94. The highest BCUT2D eigenvalue weighted by Crippen LogP contribution is 2.31. The van der Waals surface area contributed by atoms with Crippen LogP contribution in [0, 0.1) is 6.92 Å². The molecule has 3 aromatic rings. The number of ether oxygens (including phenoxy) is 2. The van der Waals surface area contributed by atoms with Crippen LogP contribution in [0.5, 0.6) is 11.5 Å². The number of aryl methyl sites for hydroxylation is 1. The Bertz CT molecular complexity index is 1210. The van der Waals surface area contributed by atoms with Crippen LogP contribution < -0.4 is 20.2 Å². The van der Waals surface area contributed by atoms with Gasteiger partial charge < -0.3 is 14.8 Å². The van der Waals surface area contributed by atoms with Crippen LogP contribution in [-0.4, -0.2) is 29.9 Å². The van der Waals surface area contributed by atoms with Crippen molar-refractivity contribution >= 4 is 5.91 Å². The molecule has 0 radical (unpaired) electrons. The second-order valence-electron chi connectivity index (χ2n) is 6.79. The molecule has 1 aromatic heterocycles. The van der Waals surface area contributed by atoms with E-state index < -0.39 is 28.8 Å². The molecule has 0 saturated carbocycles. The summed E-state index contributed by atoms with van der Waals surface area (Å²) in [5, 5.41) is 6.61. The maximum absolute atomic E-state index is 13.1. The lowest BCUT2D eigenvalue weighted by Gasteiger charge is -2.14. The van der Waals surface area contributed by atoms with Gasteiger partial charge >= 0.3 is 6.18 Å². The Balaban J connectivity index is 1.92. The number of amides is 1. The molecule has 1 N–H and O–H groups in total. The van der Waals surface area contributed by atoms with Crippen LogP contribution in [0.4, 0.5) is 13.2 Å². The van der Waals surface area contributed by atoms with Gasteiger partial charge in [-0.25, -0.2) is 4.68 Å². The summed E-state index contributed by atoms with van der Waals surface area (Å²) in [4.78, 5) is 25.0. The summed E-state index contributed by atoms with van der Waals surface area (Å²) in [6.07, 6.45) is -4.54. The first-order chi connectivity index (χ1) is 15.2. The second-order valence-corrected chi connectivity index (χ2v) is 6.79. The van der Waals surface area contributed by atoms with Gasteiger partial charge in [0.15, 0.2) is 17.2 Å². The summed E-state index contributed by atoms with van der Waals surface area (Å²) in [6, 6.07) is 10.7. The molecular weight excluding hydrogens is 427 g/mol. The molecule has 7 nitrogen and oxygen atoms in total. The minimum absolute atomic E-state index is 0.0117. The largest absolute Gasteiger partial charge is 0.493 e. The zero-order valence-corrected chi connectivity index (χ0v) is 17.5. The monoisotopic (exact) mass is 447 g/mol. The lowest BCUT2D eigenvalue weighted by molar-refractivity contribution is -0.137. The van der Waals surface area contributed by atoms with Crippen molar-refractivity contribution in [3.8, 4) is 17.2 Å². The Kier molecular flexibility index (Phi) is 6.52. The number of aromatic nitrogens is 2. The van der Waals surface area contributed by atoms with Gasteiger partial charge in [0.05, 0.1) is 25.5 Å². The first-order valence-electron chi connectivity index (χ1n) is 9.42. The van der Waals surface area contributed by atoms with E-state index in [2.05, 4.69) is 10.4 Å². The number of hydrogen-bond acceptors (Lipinski definition) is 5. The normalized spacial score (nSPS) is 11.2. The summed E-state index contributed by atoms with van der Waals surface area (Å²) in [5.74, 6) is 0.119. The molecule has 0 bridgehead atoms. The number of nitrogens with one attached hydrogen (secondary N) is 1.